The molecule has 0 amide bonds. The predicted octanol–water partition coefficient (Wildman–Crippen LogP) is 5.04. The first kappa shape index (κ1) is 20.7. The standard InChI is InChI=1S/C17H11Cl2F3N4O3/c1-28-11-3-2-6-23-14(11)25-16-24-13(17(20,21)22)12(15(27)26-16)29-8-4-5-9(18)10(19)7-8/h2-7H,1H3,(H2,23,24,25,26,27). The number of rotatable bonds is 5. The number of hydrogen-bond donors (Lipinski definition) is 2. The summed E-state index contributed by atoms with van der Waals surface area (Å²) < 4.78 is 50.8. The van der Waals surface area contributed by atoms with Crippen LogP contribution in [-0.4, -0.2) is 22.1 Å². The maximum atomic E-state index is 13.5. The molecule has 0 aliphatic rings. The van der Waals surface area contributed by atoms with E-state index in [4.69, 9.17) is 32.7 Å². The Bertz CT molecular complexity index is 1110. The Morgan fingerprint density at radius 1 is 1.17 bits per heavy atom. The van der Waals surface area contributed by atoms with E-state index in [-0.39, 0.29) is 27.4 Å². The minimum Gasteiger partial charge on any atom is -0.493 e. The van der Waals surface area contributed by atoms with Crippen LogP contribution in [0.1, 0.15) is 5.69 Å². The number of H-pyrrole nitrogens is 1. The number of hydrogen-bond acceptors (Lipinski definition) is 6. The van der Waals surface area contributed by atoms with Gasteiger partial charge in [-0.1, -0.05) is 23.2 Å². The van der Waals surface area contributed by atoms with Gasteiger partial charge in [-0.2, -0.15) is 13.2 Å². The van der Waals surface area contributed by atoms with E-state index in [0.717, 1.165) is 0 Å². The van der Waals surface area contributed by atoms with Crippen molar-refractivity contribution < 1.29 is 22.6 Å². The summed E-state index contributed by atoms with van der Waals surface area (Å²) in [6, 6.07) is 6.85. The molecule has 0 radical (unpaired) electrons. The zero-order valence-electron chi connectivity index (χ0n) is 14.5. The first-order chi connectivity index (χ1) is 13.7. The average molecular weight is 447 g/mol. The van der Waals surface area contributed by atoms with Crippen molar-refractivity contribution in [2.24, 2.45) is 0 Å². The maximum Gasteiger partial charge on any atom is 0.437 e. The van der Waals surface area contributed by atoms with Crippen LogP contribution < -0.4 is 20.3 Å². The lowest BCUT2D eigenvalue weighted by molar-refractivity contribution is -0.142. The van der Waals surface area contributed by atoms with Crippen molar-refractivity contribution in [3.05, 3.63) is 62.6 Å². The molecule has 0 aliphatic heterocycles. The third kappa shape index (κ3) is 4.72. The fourth-order valence-electron chi connectivity index (χ4n) is 2.23. The number of ether oxygens (including phenoxy) is 2. The molecule has 152 valence electrons. The van der Waals surface area contributed by atoms with Crippen molar-refractivity contribution in [1.82, 2.24) is 15.0 Å². The monoisotopic (exact) mass is 446 g/mol. The summed E-state index contributed by atoms with van der Waals surface area (Å²) >= 11 is 11.6. The van der Waals surface area contributed by atoms with E-state index in [1.54, 1.807) is 6.07 Å². The molecule has 2 aromatic heterocycles. The first-order valence-corrected chi connectivity index (χ1v) is 8.55. The number of anilines is 2. The second-order valence-electron chi connectivity index (χ2n) is 5.45. The Hall–Kier alpha value is -2.98. The molecule has 2 N–H and O–H groups in total. The predicted molar refractivity (Wildman–Crippen MR) is 100 cm³/mol. The van der Waals surface area contributed by atoms with E-state index >= 15 is 0 Å². The molecule has 7 nitrogen and oxygen atoms in total. The van der Waals surface area contributed by atoms with Gasteiger partial charge in [0.05, 0.1) is 17.2 Å². The zero-order chi connectivity index (χ0) is 21.2. The molecule has 0 atom stereocenters. The Kier molecular flexibility index (Phi) is 5.85. The van der Waals surface area contributed by atoms with E-state index in [0.29, 0.717) is 0 Å². The van der Waals surface area contributed by atoms with Gasteiger partial charge in [-0.3, -0.25) is 9.78 Å². The number of methoxy groups -OCH3 is 1. The molecule has 0 saturated heterocycles. The van der Waals surface area contributed by atoms with Crippen LogP contribution in [0.5, 0.6) is 17.2 Å². The van der Waals surface area contributed by atoms with Gasteiger partial charge in [0.25, 0.3) is 5.56 Å². The normalized spacial score (nSPS) is 11.2. The lowest BCUT2D eigenvalue weighted by atomic mass is 10.3. The van der Waals surface area contributed by atoms with Crippen molar-refractivity contribution in [3.8, 4) is 17.2 Å². The van der Waals surface area contributed by atoms with E-state index in [1.165, 1.54) is 37.6 Å². The highest BCUT2D eigenvalue weighted by Gasteiger charge is 2.39. The lowest BCUT2D eigenvalue weighted by Gasteiger charge is -2.14. The number of nitrogens with zero attached hydrogens (tertiary/aromatic N) is 2. The first-order valence-electron chi connectivity index (χ1n) is 7.79. The van der Waals surface area contributed by atoms with Crippen LogP contribution in [0.2, 0.25) is 10.0 Å². The van der Waals surface area contributed by atoms with E-state index in [1.807, 2.05) is 0 Å². The number of aromatic nitrogens is 3. The van der Waals surface area contributed by atoms with Gasteiger partial charge in [0, 0.05) is 12.3 Å². The summed E-state index contributed by atoms with van der Waals surface area (Å²) in [5, 5.41) is 2.70. The molecule has 0 bridgehead atoms. The summed E-state index contributed by atoms with van der Waals surface area (Å²) in [5.41, 5.74) is -2.71. The van der Waals surface area contributed by atoms with Gasteiger partial charge in [0.2, 0.25) is 11.7 Å². The molecular weight excluding hydrogens is 436 g/mol. The van der Waals surface area contributed by atoms with Gasteiger partial charge in [-0.25, -0.2) is 9.97 Å². The number of alkyl halides is 3. The second kappa shape index (κ2) is 8.18. The highest BCUT2D eigenvalue weighted by atomic mass is 35.5. The molecular formula is C17H11Cl2F3N4O3. The molecule has 1 aromatic carbocycles. The molecule has 3 aromatic rings. The van der Waals surface area contributed by atoms with Gasteiger partial charge in [0.15, 0.2) is 17.3 Å². The van der Waals surface area contributed by atoms with Gasteiger partial charge in [0.1, 0.15) is 5.75 Å². The highest BCUT2D eigenvalue weighted by molar-refractivity contribution is 6.42. The largest absolute Gasteiger partial charge is 0.493 e. The van der Waals surface area contributed by atoms with Gasteiger partial charge < -0.3 is 14.8 Å². The molecule has 3 rings (SSSR count). The van der Waals surface area contributed by atoms with Crippen LogP contribution in [0, 0.1) is 0 Å². The summed E-state index contributed by atoms with van der Waals surface area (Å²) in [6.45, 7) is 0. The Morgan fingerprint density at radius 2 is 1.93 bits per heavy atom. The third-order valence-corrected chi connectivity index (χ3v) is 4.22. The lowest BCUT2D eigenvalue weighted by Crippen LogP contribution is -2.21. The van der Waals surface area contributed by atoms with Crippen LogP contribution >= 0.6 is 23.2 Å². The minimum absolute atomic E-state index is 0.0441. The summed E-state index contributed by atoms with van der Waals surface area (Å²) in [6.07, 6.45) is -3.60. The fourth-order valence-corrected chi connectivity index (χ4v) is 2.52. The van der Waals surface area contributed by atoms with Crippen LogP contribution in [0.4, 0.5) is 24.9 Å². The van der Waals surface area contributed by atoms with Crippen molar-refractivity contribution in [2.45, 2.75) is 6.18 Å². The van der Waals surface area contributed by atoms with Crippen LogP contribution in [-0.2, 0) is 6.18 Å². The number of benzene rings is 1. The average Bonchev–Trinajstić information content (AvgIpc) is 2.66. The number of pyridine rings is 1. The molecule has 29 heavy (non-hydrogen) atoms. The topological polar surface area (TPSA) is 89.1 Å². The minimum atomic E-state index is -4.98. The SMILES string of the molecule is COc1cccnc1Nc1nc(C(F)(F)F)c(Oc2ccc(Cl)c(Cl)c2)c(=O)[nH]1. The quantitative estimate of drug-likeness (QED) is 0.570. The number of halogens is 5. The Labute approximate surface area is 171 Å². The number of nitrogens with one attached hydrogen (secondary N) is 2. The van der Waals surface area contributed by atoms with E-state index < -0.39 is 29.1 Å². The molecule has 0 aliphatic carbocycles. The summed E-state index contributed by atoms with van der Waals surface area (Å²) in [4.78, 5) is 21.9. The Morgan fingerprint density at radius 3 is 2.59 bits per heavy atom. The molecule has 0 saturated carbocycles. The highest BCUT2D eigenvalue weighted by Crippen LogP contribution is 2.36. The van der Waals surface area contributed by atoms with Crippen molar-refractivity contribution in [3.63, 3.8) is 0 Å². The van der Waals surface area contributed by atoms with Crippen LogP contribution in [0.25, 0.3) is 0 Å². The molecule has 12 heteroatoms. The van der Waals surface area contributed by atoms with E-state index in [9.17, 15) is 18.0 Å². The Balaban J connectivity index is 2.04. The zero-order valence-corrected chi connectivity index (χ0v) is 16.0. The molecule has 0 spiro atoms. The molecule has 0 unspecified atom stereocenters. The third-order valence-electron chi connectivity index (χ3n) is 3.48. The second-order valence-corrected chi connectivity index (χ2v) is 6.26. The van der Waals surface area contributed by atoms with Gasteiger partial charge >= 0.3 is 6.18 Å². The molecule has 0 fully saturated rings. The van der Waals surface area contributed by atoms with E-state index in [2.05, 4.69) is 20.3 Å². The van der Waals surface area contributed by atoms with Gasteiger partial charge in [-0.15, -0.1) is 0 Å². The van der Waals surface area contributed by atoms with Crippen molar-refractivity contribution in [2.75, 3.05) is 12.4 Å². The fraction of sp³-hybridized carbons (Fsp3) is 0.118. The van der Waals surface area contributed by atoms with Crippen LogP contribution in [0.3, 0.4) is 0 Å². The van der Waals surface area contributed by atoms with Crippen molar-refractivity contribution >= 4 is 35.0 Å². The van der Waals surface area contributed by atoms with Crippen LogP contribution in [0.15, 0.2) is 41.3 Å². The van der Waals surface area contributed by atoms with Gasteiger partial charge in [-0.05, 0) is 24.3 Å². The smallest absolute Gasteiger partial charge is 0.437 e. The summed E-state index contributed by atoms with van der Waals surface area (Å²) in [5.74, 6) is -1.37. The number of aromatic amines is 1. The summed E-state index contributed by atoms with van der Waals surface area (Å²) in [7, 11) is 1.35. The maximum absolute atomic E-state index is 13.5. The molecule has 2 heterocycles. The van der Waals surface area contributed by atoms with Crippen molar-refractivity contribution in [1.29, 1.82) is 0 Å².